The largest absolute Gasteiger partial charge is 0.522 e. The maximum Gasteiger partial charge on any atom is 0.522 e. The molecule has 0 fully saturated rings. The van der Waals surface area contributed by atoms with Crippen LogP contribution < -0.4 is 10.5 Å². The Labute approximate surface area is 120 Å². The molecule has 0 spiro atoms. The number of benzene rings is 1. The van der Waals surface area contributed by atoms with E-state index in [9.17, 15) is 4.79 Å². The molecule has 2 N–H and O–H groups in total. The fourth-order valence-corrected chi connectivity index (χ4v) is 2.39. The lowest BCUT2D eigenvalue weighted by molar-refractivity contribution is -0.826. The van der Waals surface area contributed by atoms with Crippen molar-refractivity contribution in [3.05, 3.63) is 29.3 Å². The molecule has 1 aliphatic rings. The molecule has 0 aromatic heterocycles. The van der Waals surface area contributed by atoms with Crippen molar-refractivity contribution in [3.8, 4) is 18.1 Å². The fourth-order valence-electron chi connectivity index (χ4n) is 2.39. The van der Waals surface area contributed by atoms with E-state index in [0.717, 1.165) is 18.4 Å². The van der Waals surface area contributed by atoms with Gasteiger partial charge in [0.1, 0.15) is 12.3 Å². The number of fused-ring (bicyclic) bond motifs is 1. The molecule has 0 saturated heterocycles. The number of ether oxygens (including phenoxy) is 1. The van der Waals surface area contributed by atoms with E-state index in [2.05, 4.69) is 5.92 Å². The van der Waals surface area contributed by atoms with Crippen LogP contribution in [0.2, 0.25) is 0 Å². The van der Waals surface area contributed by atoms with E-state index < -0.39 is 0 Å². The topological polar surface area (TPSA) is 52.3 Å². The summed E-state index contributed by atoms with van der Waals surface area (Å²) in [5.41, 5.74) is 8.36. The van der Waals surface area contributed by atoms with Crippen molar-refractivity contribution in [1.82, 2.24) is 0 Å². The van der Waals surface area contributed by atoms with Crippen LogP contribution in [0.3, 0.4) is 0 Å². The first-order chi connectivity index (χ1) is 9.50. The second-order valence-corrected chi connectivity index (χ2v) is 5.45. The summed E-state index contributed by atoms with van der Waals surface area (Å²) >= 11 is 0. The summed E-state index contributed by atoms with van der Waals surface area (Å²) in [5, 5.41) is 0. The van der Waals surface area contributed by atoms with Crippen LogP contribution in [0.1, 0.15) is 30.5 Å². The van der Waals surface area contributed by atoms with Gasteiger partial charge < -0.3 is 10.5 Å². The van der Waals surface area contributed by atoms with Crippen LogP contribution in [0.5, 0.6) is 5.75 Å². The molecule has 1 amide bonds. The number of nitrogens with zero attached hydrogens (tertiary/aromatic N) is 1. The molecule has 1 aromatic rings. The summed E-state index contributed by atoms with van der Waals surface area (Å²) in [6.45, 7) is 2.82. The van der Waals surface area contributed by atoms with Gasteiger partial charge in [0.15, 0.2) is 0 Å². The van der Waals surface area contributed by atoms with Gasteiger partial charge in [-0.25, -0.2) is 4.48 Å². The van der Waals surface area contributed by atoms with Gasteiger partial charge in [-0.15, -0.1) is 6.42 Å². The molecule has 106 valence electrons. The molecule has 4 heteroatoms. The third kappa shape index (κ3) is 2.69. The molecule has 1 aromatic carbocycles. The van der Waals surface area contributed by atoms with Gasteiger partial charge in [-0.2, -0.15) is 4.79 Å². The van der Waals surface area contributed by atoms with Crippen LogP contribution in [0.15, 0.2) is 18.2 Å². The number of quaternary nitrogens is 1. The number of hydrogen-bond acceptors (Lipinski definition) is 3. The zero-order valence-corrected chi connectivity index (χ0v) is 12.1. The summed E-state index contributed by atoms with van der Waals surface area (Å²) in [4.78, 5) is 12.3. The number of aryl methyl sites for hydroxylation is 1. The van der Waals surface area contributed by atoms with Crippen LogP contribution in [0.4, 0.5) is 4.79 Å². The van der Waals surface area contributed by atoms with Crippen molar-refractivity contribution in [2.24, 2.45) is 5.73 Å². The Morgan fingerprint density at radius 1 is 1.60 bits per heavy atom. The first-order valence-electron chi connectivity index (χ1n) is 6.89. The van der Waals surface area contributed by atoms with Gasteiger partial charge in [0.05, 0.1) is 13.6 Å². The fraction of sp³-hybridized carbons (Fsp3) is 0.438. The molecule has 2 rings (SSSR count). The van der Waals surface area contributed by atoms with E-state index >= 15 is 0 Å². The first-order valence-corrected chi connectivity index (χ1v) is 6.89. The second-order valence-electron chi connectivity index (χ2n) is 5.45. The Balaban J connectivity index is 2.17. The molecule has 0 radical (unpaired) electrons. The highest BCUT2D eigenvalue weighted by molar-refractivity contribution is 5.64. The molecule has 2 unspecified atom stereocenters. The summed E-state index contributed by atoms with van der Waals surface area (Å²) in [6.07, 6.45) is 6.93. The summed E-state index contributed by atoms with van der Waals surface area (Å²) in [6, 6.07) is 5.73. The summed E-state index contributed by atoms with van der Waals surface area (Å²) in [5.74, 6) is 3.07. The van der Waals surface area contributed by atoms with Gasteiger partial charge in [0, 0.05) is 6.04 Å². The lowest BCUT2D eigenvalue weighted by Crippen LogP contribution is -2.51. The average Bonchev–Trinajstić information content (AvgIpc) is 2.80. The minimum absolute atomic E-state index is 0.0430. The number of carbonyl (C=O) groups excluding carboxylic acids is 1. The predicted molar refractivity (Wildman–Crippen MR) is 78.1 cm³/mol. The minimum atomic E-state index is -0.336. The molecular formula is C16H21N2O2+. The highest BCUT2D eigenvalue weighted by Crippen LogP contribution is 2.32. The molecule has 0 saturated carbocycles. The second kappa shape index (κ2) is 5.66. The smallest absolute Gasteiger partial charge is 0.381 e. The number of nitrogens with two attached hydrogens (primary N) is 1. The number of carbonyl (C=O) groups is 1. The molecule has 20 heavy (non-hydrogen) atoms. The Morgan fingerprint density at radius 3 is 3.00 bits per heavy atom. The van der Waals surface area contributed by atoms with E-state index in [1.807, 2.05) is 25.1 Å². The average molecular weight is 273 g/mol. The Morgan fingerprint density at radius 2 is 2.35 bits per heavy atom. The van der Waals surface area contributed by atoms with Gasteiger partial charge in [-0.3, -0.25) is 0 Å². The van der Waals surface area contributed by atoms with Crippen molar-refractivity contribution in [2.45, 2.75) is 25.8 Å². The van der Waals surface area contributed by atoms with Gasteiger partial charge >= 0.3 is 6.09 Å². The lowest BCUT2D eigenvalue weighted by Gasteiger charge is -2.26. The van der Waals surface area contributed by atoms with Gasteiger partial charge in [-0.1, -0.05) is 6.07 Å². The third-order valence-corrected chi connectivity index (χ3v) is 4.03. The normalized spacial score (nSPS) is 19.8. The van der Waals surface area contributed by atoms with Crippen molar-refractivity contribution >= 4 is 6.09 Å². The number of rotatable bonds is 3. The van der Waals surface area contributed by atoms with E-state index in [-0.39, 0.29) is 16.6 Å². The van der Waals surface area contributed by atoms with E-state index in [1.165, 1.54) is 5.56 Å². The molecular weight excluding hydrogens is 252 g/mol. The molecule has 4 nitrogen and oxygen atoms in total. The molecule has 0 heterocycles. The number of amides is 1. The zero-order valence-electron chi connectivity index (χ0n) is 12.1. The summed E-state index contributed by atoms with van der Waals surface area (Å²) in [7, 11) is 1.78. The Kier molecular flexibility index (Phi) is 4.12. The standard InChI is InChI=1S/C16H21N2O2/c1-4-10-18(3,5-2)16(19)20-13-8-6-12-7-9-15(17)14(12)11-13/h1,6,8,11,15H,5,7,9-10,17H2,2-3H3/q+1. The highest BCUT2D eigenvalue weighted by atomic mass is 16.6. The Bertz CT molecular complexity index is 562. The number of terminal acetylenes is 1. The minimum Gasteiger partial charge on any atom is -0.381 e. The van der Waals surface area contributed by atoms with Crippen LogP contribution in [-0.2, 0) is 6.42 Å². The van der Waals surface area contributed by atoms with Gasteiger partial charge in [0.25, 0.3) is 0 Å². The summed E-state index contributed by atoms with van der Waals surface area (Å²) < 4.78 is 5.55. The Hall–Kier alpha value is -1.83. The maximum absolute atomic E-state index is 12.3. The molecule has 2 atom stereocenters. The SMILES string of the molecule is C#CC[N+](C)(CC)C(=O)Oc1ccc2c(c1)C(N)CC2. The zero-order chi connectivity index (χ0) is 14.8. The first kappa shape index (κ1) is 14.6. The third-order valence-electron chi connectivity index (χ3n) is 4.03. The predicted octanol–water partition coefficient (Wildman–Crippen LogP) is 2.23. The van der Waals surface area contributed by atoms with Crippen molar-refractivity contribution in [2.75, 3.05) is 20.1 Å². The van der Waals surface area contributed by atoms with Gasteiger partial charge in [-0.05, 0) is 48.9 Å². The lowest BCUT2D eigenvalue weighted by atomic mass is 10.1. The van der Waals surface area contributed by atoms with Crippen LogP contribution in [0, 0.1) is 12.3 Å². The van der Waals surface area contributed by atoms with E-state index in [1.54, 1.807) is 7.05 Å². The molecule has 1 aliphatic carbocycles. The molecule has 0 bridgehead atoms. The van der Waals surface area contributed by atoms with Crippen molar-refractivity contribution < 1.29 is 14.0 Å². The van der Waals surface area contributed by atoms with Crippen molar-refractivity contribution in [3.63, 3.8) is 0 Å². The van der Waals surface area contributed by atoms with E-state index in [0.29, 0.717) is 18.8 Å². The van der Waals surface area contributed by atoms with Crippen LogP contribution >= 0.6 is 0 Å². The van der Waals surface area contributed by atoms with Crippen LogP contribution in [0.25, 0.3) is 0 Å². The number of hydrogen-bond donors (Lipinski definition) is 1. The quantitative estimate of drug-likeness (QED) is 0.678. The molecule has 0 aliphatic heterocycles. The van der Waals surface area contributed by atoms with Crippen molar-refractivity contribution in [1.29, 1.82) is 0 Å². The monoisotopic (exact) mass is 273 g/mol. The van der Waals surface area contributed by atoms with E-state index in [4.69, 9.17) is 16.9 Å². The maximum atomic E-state index is 12.3. The van der Waals surface area contributed by atoms with Crippen LogP contribution in [-0.4, -0.2) is 30.7 Å². The van der Waals surface area contributed by atoms with Gasteiger partial charge in [0.2, 0.25) is 0 Å². The highest BCUT2D eigenvalue weighted by Gasteiger charge is 2.32.